The van der Waals surface area contributed by atoms with E-state index in [1.54, 1.807) is 13.8 Å². The number of hydrogen-bond donors (Lipinski definition) is 1. The summed E-state index contributed by atoms with van der Waals surface area (Å²) in [6, 6.07) is 0. The Kier molecular flexibility index (Phi) is 3.72. The van der Waals surface area contributed by atoms with Gasteiger partial charge in [-0.25, -0.2) is 0 Å². The van der Waals surface area contributed by atoms with Crippen molar-refractivity contribution in [3.8, 4) is 0 Å². The quantitative estimate of drug-likeness (QED) is 0.697. The van der Waals surface area contributed by atoms with Gasteiger partial charge in [-0.15, -0.1) is 0 Å². The van der Waals surface area contributed by atoms with E-state index in [1.165, 1.54) is 6.42 Å². The highest BCUT2D eigenvalue weighted by Crippen LogP contribution is 2.14. The van der Waals surface area contributed by atoms with E-state index in [1.807, 2.05) is 4.90 Å². The maximum atomic E-state index is 11.7. The van der Waals surface area contributed by atoms with Crippen LogP contribution in [0.3, 0.4) is 0 Å². The minimum Gasteiger partial charge on any atom is -0.393 e. The van der Waals surface area contributed by atoms with Gasteiger partial charge in [0.2, 0.25) is 5.91 Å². The van der Waals surface area contributed by atoms with Crippen LogP contribution in [0.4, 0.5) is 0 Å². The molecule has 0 aromatic heterocycles. The van der Waals surface area contributed by atoms with Crippen molar-refractivity contribution in [1.82, 2.24) is 4.90 Å². The standard InChI is InChI=1S/C10H19NO2/c1-8(9(2)12)10(13)11-6-4-3-5-7-11/h8-9,12H,3-7H2,1-2H3/t8-,9-/m0/s1. The van der Waals surface area contributed by atoms with Gasteiger partial charge in [0.15, 0.2) is 0 Å². The van der Waals surface area contributed by atoms with Crippen molar-refractivity contribution in [3.05, 3.63) is 0 Å². The maximum Gasteiger partial charge on any atom is 0.227 e. The molecule has 0 aromatic rings. The zero-order valence-corrected chi connectivity index (χ0v) is 8.49. The largest absolute Gasteiger partial charge is 0.393 e. The molecule has 1 heterocycles. The van der Waals surface area contributed by atoms with E-state index in [0.717, 1.165) is 25.9 Å². The van der Waals surface area contributed by atoms with Crippen LogP contribution in [-0.4, -0.2) is 35.1 Å². The zero-order valence-electron chi connectivity index (χ0n) is 8.49. The molecule has 1 saturated heterocycles. The summed E-state index contributed by atoms with van der Waals surface area (Å²) in [7, 11) is 0. The van der Waals surface area contributed by atoms with Crippen molar-refractivity contribution in [2.45, 2.75) is 39.2 Å². The summed E-state index contributed by atoms with van der Waals surface area (Å²) in [6.07, 6.45) is 2.91. The molecule has 0 spiro atoms. The van der Waals surface area contributed by atoms with Crippen LogP contribution in [0.25, 0.3) is 0 Å². The normalized spacial score (nSPS) is 22.5. The Labute approximate surface area is 79.7 Å². The van der Waals surface area contributed by atoms with Crippen molar-refractivity contribution < 1.29 is 9.90 Å². The second-order valence-electron chi connectivity index (χ2n) is 3.92. The predicted octanol–water partition coefficient (Wildman–Crippen LogP) is 1.02. The van der Waals surface area contributed by atoms with Gasteiger partial charge in [-0.2, -0.15) is 0 Å². The SMILES string of the molecule is C[C@H](O)[C@H](C)C(=O)N1CCCCC1. The van der Waals surface area contributed by atoms with E-state index in [4.69, 9.17) is 0 Å². The average Bonchev–Trinajstić information content (AvgIpc) is 2.17. The Morgan fingerprint density at radius 2 is 1.77 bits per heavy atom. The fourth-order valence-electron chi connectivity index (χ4n) is 1.61. The van der Waals surface area contributed by atoms with Gasteiger partial charge in [-0.05, 0) is 26.2 Å². The van der Waals surface area contributed by atoms with E-state index < -0.39 is 6.10 Å². The summed E-state index contributed by atoms with van der Waals surface area (Å²) in [5.74, 6) is -0.146. The number of rotatable bonds is 2. The molecule has 0 aromatic carbocycles. The third-order valence-electron chi connectivity index (χ3n) is 2.78. The predicted molar refractivity (Wildman–Crippen MR) is 51.3 cm³/mol. The molecule has 3 nitrogen and oxygen atoms in total. The van der Waals surface area contributed by atoms with Gasteiger partial charge in [-0.3, -0.25) is 4.79 Å². The van der Waals surface area contributed by atoms with E-state index in [-0.39, 0.29) is 11.8 Å². The van der Waals surface area contributed by atoms with Gasteiger partial charge in [-0.1, -0.05) is 6.92 Å². The minimum atomic E-state index is -0.533. The Bertz CT molecular complexity index is 174. The number of likely N-dealkylation sites (tertiary alicyclic amines) is 1. The molecule has 0 bridgehead atoms. The van der Waals surface area contributed by atoms with Crippen LogP contribution in [0.5, 0.6) is 0 Å². The highest BCUT2D eigenvalue weighted by atomic mass is 16.3. The van der Waals surface area contributed by atoms with Crippen LogP contribution in [-0.2, 0) is 4.79 Å². The fraction of sp³-hybridized carbons (Fsp3) is 0.900. The van der Waals surface area contributed by atoms with Gasteiger partial charge >= 0.3 is 0 Å². The molecule has 1 aliphatic rings. The van der Waals surface area contributed by atoms with Crippen LogP contribution in [0.15, 0.2) is 0 Å². The Balaban J connectivity index is 2.45. The molecule has 0 aliphatic carbocycles. The first kappa shape index (κ1) is 10.5. The van der Waals surface area contributed by atoms with E-state index in [9.17, 15) is 9.90 Å². The summed E-state index contributed by atoms with van der Waals surface area (Å²) >= 11 is 0. The second-order valence-corrected chi connectivity index (χ2v) is 3.92. The van der Waals surface area contributed by atoms with Crippen molar-refractivity contribution in [2.24, 2.45) is 5.92 Å². The summed E-state index contributed by atoms with van der Waals surface area (Å²) < 4.78 is 0. The van der Waals surface area contributed by atoms with Gasteiger partial charge in [0, 0.05) is 13.1 Å². The van der Waals surface area contributed by atoms with E-state index in [0.29, 0.717) is 0 Å². The number of amides is 1. The van der Waals surface area contributed by atoms with Crippen LogP contribution in [0.1, 0.15) is 33.1 Å². The van der Waals surface area contributed by atoms with Gasteiger partial charge in [0.1, 0.15) is 0 Å². The van der Waals surface area contributed by atoms with Crippen LogP contribution >= 0.6 is 0 Å². The third-order valence-corrected chi connectivity index (χ3v) is 2.78. The molecule has 1 amide bonds. The van der Waals surface area contributed by atoms with Gasteiger partial charge < -0.3 is 10.0 Å². The smallest absolute Gasteiger partial charge is 0.227 e. The lowest BCUT2D eigenvalue weighted by molar-refractivity contribution is -0.139. The number of carbonyl (C=O) groups is 1. The summed E-state index contributed by atoms with van der Waals surface area (Å²) in [6.45, 7) is 5.21. The number of piperidine rings is 1. The van der Waals surface area contributed by atoms with E-state index in [2.05, 4.69) is 0 Å². The Hall–Kier alpha value is -0.570. The molecule has 2 atom stereocenters. The molecule has 0 radical (unpaired) electrons. The molecule has 13 heavy (non-hydrogen) atoms. The molecule has 0 saturated carbocycles. The minimum absolute atomic E-state index is 0.106. The zero-order chi connectivity index (χ0) is 9.84. The summed E-state index contributed by atoms with van der Waals surface area (Å²) in [5.41, 5.74) is 0. The fourth-order valence-corrected chi connectivity index (χ4v) is 1.61. The van der Waals surface area contributed by atoms with Gasteiger partial charge in [0.25, 0.3) is 0 Å². The van der Waals surface area contributed by atoms with Crippen LogP contribution < -0.4 is 0 Å². The van der Waals surface area contributed by atoms with E-state index >= 15 is 0 Å². The molecule has 1 aliphatic heterocycles. The molecule has 3 heteroatoms. The average molecular weight is 185 g/mol. The first-order valence-corrected chi connectivity index (χ1v) is 5.10. The summed E-state index contributed by atoms with van der Waals surface area (Å²) in [5, 5.41) is 9.27. The molecule has 0 unspecified atom stereocenters. The lowest BCUT2D eigenvalue weighted by Crippen LogP contribution is -2.41. The molecular formula is C10H19NO2. The number of nitrogens with zero attached hydrogens (tertiary/aromatic N) is 1. The van der Waals surface area contributed by atoms with Gasteiger partial charge in [0.05, 0.1) is 12.0 Å². The number of aliphatic hydroxyl groups excluding tert-OH is 1. The molecule has 76 valence electrons. The van der Waals surface area contributed by atoms with Crippen molar-refractivity contribution in [1.29, 1.82) is 0 Å². The highest BCUT2D eigenvalue weighted by molar-refractivity contribution is 5.79. The van der Waals surface area contributed by atoms with Crippen molar-refractivity contribution in [2.75, 3.05) is 13.1 Å². The second kappa shape index (κ2) is 4.61. The highest BCUT2D eigenvalue weighted by Gasteiger charge is 2.24. The number of carbonyl (C=O) groups excluding carboxylic acids is 1. The first-order valence-electron chi connectivity index (χ1n) is 5.10. The maximum absolute atomic E-state index is 11.7. The summed E-state index contributed by atoms with van der Waals surface area (Å²) in [4.78, 5) is 13.6. The van der Waals surface area contributed by atoms with Crippen LogP contribution in [0, 0.1) is 5.92 Å². The molecule has 1 rings (SSSR count). The molecular weight excluding hydrogens is 166 g/mol. The number of aliphatic hydroxyl groups is 1. The molecule has 1 N–H and O–H groups in total. The lowest BCUT2D eigenvalue weighted by atomic mass is 10.0. The van der Waals surface area contributed by atoms with Crippen molar-refractivity contribution in [3.63, 3.8) is 0 Å². The first-order chi connectivity index (χ1) is 6.13. The number of hydrogen-bond acceptors (Lipinski definition) is 2. The van der Waals surface area contributed by atoms with Crippen LogP contribution in [0.2, 0.25) is 0 Å². The third kappa shape index (κ3) is 2.69. The topological polar surface area (TPSA) is 40.5 Å². The molecule has 1 fully saturated rings. The van der Waals surface area contributed by atoms with Crippen molar-refractivity contribution >= 4 is 5.91 Å². The Morgan fingerprint density at radius 1 is 1.23 bits per heavy atom. The monoisotopic (exact) mass is 185 g/mol. The Morgan fingerprint density at radius 3 is 2.23 bits per heavy atom. The lowest BCUT2D eigenvalue weighted by Gasteiger charge is -2.30.